The summed E-state index contributed by atoms with van der Waals surface area (Å²) in [7, 11) is 5.82. The number of fused-ring (bicyclic) bond motifs is 5. The molecule has 4 aromatic rings. The van der Waals surface area contributed by atoms with Crippen molar-refractivity contribution >= 4 is 45.2 Å². The highest BCUT2D eigenvalue weighted by Gasteiger charge is 2.34. The van der Waals surface area contributed by atoms with Gasteiger partial charge in [0.1, 0.15) is 5.75 Å². The van der Waals surface area contributed by atoms with Crippen LogP contribution in [0.2, 0.25) is 5.02 Å². The van der Waals surface area contributed by atoms with Gasteiger partial charge in [-0.15, -0.1) is 0 Å². The van der Waals surface area contributed by atoms with Crippen LogP contribution in [0.1, 0.15) is 39.1 Å². The van der Waals surface area contributed by atoms with Crippen molar-refractivity contribution in [1.82, 2.24) is 15.2 Å². The number of nitrogens with one attached hydrogen (secondary N) is 2. The number of halogens is 1. The fourth-order valence-corrected chi connectivity index (χ4v) is 5.09. The summed E-state index contributed by atoms with van der Waals surface area (Å²) in [5.41, 5.74) is 4.89. The van der Waals surface area contributed by atoms with E-state index in [9.17, 15) is 9.59 Å². The van der Waals surface area contributed by atoms with Gasteiger partial charge in [-0.1, -0.05) is 29.8 Å². The summed E-state index contributed by atoms with van der Waals surface area (Å²) in [6.45, 7) is 1.04. The smallest absolute Gasteiger partial charge is 0.259 e. The van der Waals surface area contributed by atoms with Crippen molar-refractivity contribution in [1.29, 1.82) is 0 Å². The predicted molar refractivity (Wildman–Crippen MR) is 136 cm³/mol. The number of rotatable bonds is 7. The van der Waals surface area contributed by atoms with E-state index in [2.05, 4.69) is 35.4 Å². The van der Waals surface area contributed by atoms with Crippen molar-refractivity contribution < 1.29 is 14.3 Å². The Morgan fingerprint density at radius 3 is 2.44 bits per heavy atom. The van der Waals surface area contributed by atoms with Gasteiger partial charge in [-0.2, -0.15) is 0 Å². The number of hydrogen-bond acceptors (Lipinski definition) is 4. The number of aromatic amines is 1. The number of methoxy groups -OCH3 is 1. The van der Waals surface area contributed by atoms with Gasteiger partial charge in [-0.25, -0.2) is 0 Å². The fraction of sp³-hybridized carbons (Fsp3) is 0.259. The molecule has 0 unspecified atom stereocenters. The molecular weight excluding hydrogens is 450 g/mol. The molecule has 6 nitrogen and oxygen atoms in total. The maximum Gasteiger partial charge on any atom is 0.259 e. The predicted octanol–water partition coefficient (Wildman–Crippen LogP) is 5.42. The number of nitrogens with zero attached hydrogens (tertiary/aromatic N) is 1. The van der Waals surface area contributed by atoms with Crippen LogP contribution < -0.4 is 10.1 Å². The number of amides is 2. The van der Waals surface area contributed by atoms with Crippen LogP contribution in [0.5, 0.6) is 5.75 Å². The third kappa shape index (κ3) is 3.73. The second-order valence-electron chi connectivity index (χ2n) is 8.95. The number of hydrogen-bond donors (Lipinski definition) is 2. The molecule has 174 valence electrons. The molecule has 1 aliphatic heterocycles. The molecule has 2 N–H and O–H groups in total. The zero-order valence-corrected chi connectivity index (χ0v) is 20.2. The number of benzene rings is 3. The number of carbonyl (C=O) groups is 2. The normalized spacial score (nSPS) is 13.2. The first-order valence-electron chi connectivity index (χ1n) is 11.3. The van der Waals surface area contributed by atoms with Gasteiger partial charge in [-0.05, 0) is 75.3 Å². The van der Waals surface area contributed by atoms with Crippen LogP contribution in [0, 0.1) is 0 Å². The van der Waals surface area contributed by atoms with Gasteiger partial charge in [0.2, 0.25) is 0 Å². The highest BCUT2D eigenvalue weighted by atomic mass is 35.5. The molecule has 0 radical (unpaired) electrons. The second kappa shape index (κ2) is 8.78. The van der Waals surface area contributed by atoms with Gasteiger partial charge >= 0.3 is 0 Å². The van der Waals surface area contributed by atoms with Crippen LogP contribution in [0.4, 0.5) is 0 Å². The molecule has 3 aromatic carbocycles. The summed E-state index contributed by atoms with van der Waals surface area (Å²) in [6, 6.07) is 13.3. The number of ether oxygens (including phenoxy) is 1. The molecule has 1 aromatic heterocycles. The van der Waals surface area contributed by atoms with E-state index in [4.69, 9.17) is 16.3 Å². The molecule has 0 spiro atoms. The molecule has 1 aliphatic rings. The molecule has 2 amide bonds. The maximum absolute atomic E-state index is 12.9. The summed E-state index contributed by atoms with van der Waals surface area (Å²) in [6.07, 6.45) is 3.03. The average Bonchev–Trinajstić information content (AvgIpc) is 3.31. The van der Waals surface area contributed by atoms with Gasteiger partial charge in [0.15, 0.2) is 0 Å². The summed E-state index contributed by atoms with van der Waals surface area (Å²) in [4.78, 5) is 31.4. The lowest BCUT2D eigenvalue weighted by Gasteiger charge is -2.12. The quantitative estimate of drug-likeness (QED) is 0.276. The molecular formula is C27H26ClN3O3. The highest BCUT2D eigenvalue weighted by Crippen LogP contribution is 2.42. The number of carbonyl (C=O) groups excluding carboxylic acids is 2. The van der Waals surface area contributed by atoms with E-state index in [0.717, 1.165) is 58.9 Å². The van der Waals surface area contributed by atoms with E-state index in [0.29, 0.717) is 27.3 Å². The molecule has 0 fully saturated rings. The highest BCUT2D eigenvalue weighted by molar-refractivity contribution is 6.36. The topological polar surface area (TPSA) is 74.4 Å². The van der Waals surface area contributed by atoms with E-state index >= 15 is 0 Å². The Kier molecular flexibility index (Phi) is 5.80. The Morgan fingerprint density at radius 2 is 1.71 bits per heavy atom. The lowest BCUT2D eigenvalue weighted by atomic mass is 9.92. The second-order valence-corrected chi connectivity index (χ2v) is 9.36. The molecule has 7 heteroatoms. The Balaban J connectivity index is 1.71. The standard InChI is InChI=1S/C27H26ClN3O3/c1-31(2)11-7-6-8-15-12-20-18(14-22(15)34-3)23-21(29-20)13-17(16-9-4-5-10-19(16)28)24-25(23)27(33)30-26(24)32/h4-5,9-10,12-14,29H,6-8,11H2,1-3H3,(H,30,32,33). The van der Waals surface area contributed by atoms with Gasteiger partial charge in [0, 0.05) is 32.4 Å². The number of imide groups is 1. The van der Waals surface area contributed by atoms with Crippen LogP contribution in [0.25, 0.3) is 32.9 Å². The molecule has 2 heterocycles. The minimum absolute atomic E-state index is 0.359. The van der Waals surface area contributed by atoms with Crippen LogP contribution >= 0.6 is 11.6 Å². The number of unbranched alkanes of at least 4 members (excludes halogenated alkanes) is 1. The van der Waals surface area contributed by atoms with Gasteiger partial charge in [0.05, 0.1) is 18.2 Å². The molecule has 0 atom stereocenters. The lowest BCUT2D eigenvalue weighted by Crippen LogP contribution is -2.20. The molecule has 0 saturated heterocycles. The number of H-pyrrole nitrogens is 1. The van der Waals surface area contributed by atoms with Gasteiger partial charge < -0.3 is 14.6 Å². The van der Waals surface area contributed by atoms with Crippen molar-refractivity contribution in [3.05, 3.63) is 64.2 Å². The van der Waals surface area contributed by atoms with Crippen LogP contribution in [-0.2, 0) is 6.42 Å². The van der Waals surface area contributed by atoms with Crippen molar-refractivity contribution in [2.24, 2.45) is 0 Å². The Bertz CT molecular complexity index is 1460. The molecule has 0 aliphatic carbocycles. The Morgan fingerprint density at radius 1 is 0.941 bits per heavy atom. The van der Waals surface area contributed by atoms with E-state index in [1.807, 2.05) is 30.3 Å². The van der Waals surface area contributed by atoms with E-state index in [1.54, 1.807) is 13.2 Å². The first-order valence-corrected chi connectivity index (χ1v) is 11.7. The molecule has 0 bridgehead atoms. The molecule has 0 saturated carbocycles. The monoisotopic (exact) mass is 475 g/mol. The van der Waals surface area contributed by atoms with Gasteiger partial charge in [0.25, 0.3) is 11.8 Å². The van der Waals surface area contributed by atoms with E-state index in [1.165, 1.54) is 0 Å². The van der Waals surface area contributed by atoms with Crippen molar-refractivity contribution in [2.75, 3.05) is 27.7 Å². The zero-order chi connectivity index (χ0) is 24.0. The summed E-state index contributed by atoms with van der Waals surface area (Å²) in [5.74, 6) is -0.0194. The lowest BCUT2D eigenvalue weighted by molar-refractivity contribution is 0.0880. The SMILES string of the molecule is COc1cc2c(cc1CCCCN(C)C)[nH]c1cc(-c3ccccc3Cl)c3c(c12)C(=O)NC3=O. The third-order valence-electron chi connectivity index (χ3n) is 6.43. The Labute approximate surface area is 202 Å². The zero-order valence-electron chi connectivity index (χ0n) is 19.4. The van der Waals surface area contributed by atoms with E-state index in [-0.39, 0.29) is 0 Å². The van der Waals surface area contributed by atoms with Crippen LogP contribution in [0.3, 0.4) is 0 Å². The van der Waals surface area contributed by atoms with E-state index < -0.39 is 11.8 Å². The largest absolute Gasteiger partial charge is 0.496 e. The number of aryl methyl sites for hydroxylation is 1. The average molecular weight is 476 g/mol. The summed E-state index contributed by atoms with van der Waals surface area (Å²) < 4.78 is 5.72. The van der Waals surface area contributed by atoms with Crippen LogP contribution in [0.15, 0.2) is 42.5 Å². The minimum atomic E-state index is -0.407. The fourth-order valence-electron chi connectivity index (χ4n) is 4.85. The first kappa shape index (κ1) is 22.4. The van der Waals surface area contributed by atoms with Crippen molar-refractivity contribution in [3.63, 3.8) is 0 Å². The van der Waals surface area contributed by atoms with Crippen molar-refractivity contribution in [3.8, 4) is 16.9 Å². The summed E-state index contributed by atoms with van der Waals surface area (Å²) >= 11 is 6.47. The minimum Gasteiger partial charge on any atom is -0.496 e. The van der Waals surface area contributed by atoms with Gasteiger partial charge in [-0.3, -0.25) is 14.9 Å². The van der Waals surface area contributed by atoms with Crippen molar-refractivity contribution in [2.45, 2.75) is 19.3 Å². The first-order chi connectivity index (χ1) is 16.4. The molecule has 34 heavy (non-hydrogen) atoms. The Hall–Kier alpha value is -3.35. The van der Waals surface area contributed by atoms with Crippen LogP contribution in [-0.4, -0.2) is 49.4 Å². The third-order valence-corrected chi connectivity index (χ3v) is 6.76. The maximum atomic E-state index is 12.9. The summed E-state index contributed by atoms with van der Waals surface area (Å²) in [5, 5.41) is 4.57. The molecule has 5 rings (SSSR count). The number of aromatic nitrogens is 1.